The molecule has 160 valence electrons. The Hall–Kier alpha value is -1.92. The third-order valence-electron chi connectivity index (χ3n) is 7.09. The van der Waals surface area contributed by atoms with Gasteiger partial charge in [-0.05, 0) is 68.1 Å². The van der Waals surface area contributed by atoms with Crippen LogP contribution in [0.15, 0.2) is 36.4 Å². The van der Waals surface area contributed by atoms with Gasteiger partial charge in [-0.3, -0.25) is 0 Å². The van der Waals surface area contributed by atoms with Gasteiger partial charge in [0.2, 0.25) is 0 Å². The maximum atomic E-state index is 6.62. The van der Waals surface area contributed by atoms with Gasteiger partial charge in [-0.25, -0.2) is 0 Å². The van der Waals surface area contributed by atoms with E-state index in [2.05, 4.69) is 62.3 Å². The standard InChI is InChI=1S/C25H32N2O3/c1-15-25(26)24-17(13-29-15)8-9-21-23(24)16(10-11-28-21)12-22-19-7-5-4-6-18(19)20(14-30-22)27(2)3/h4-9,15-16,20,22,25H,10-14,26H2,1-3H3/t15-,16?,20?,22-,25+/m0/s1. The number of benzene rings is 2. The van der Waals surface area contributed by atoms with Crippen molar-refractivity contribution in [3.05, 3.63) is 64.2 Å². The number of rotatable bonds is 3. The highest BCUT2D eigenvalue weighted by Gasteiger charge is 2.36. The minimum atomic E-state index is -0.120. The van der Waals surface area contributed by atoms with E-state index < -0.39 is 0 Å². The van der Waals surface area contributed by atoms with Crippen molar-refractivity contribution < 1.29 is 14.2 Å². The third kappa shape index (κ3) is 3.34. The lowest BCUT2D eigenvalue weighted by Gasteiger charge is -2.39. The summed E-state index contributed by atoms with van der Waals surface area (Å²) in [5.41, 5.74) is 13.1. The lowest BCUT2D eigenvalue weighted by atomic mass is 9.78. The van der Waals surface area contributed by atoms with Crippen LogP contribution in [0.1, 0.15) is 71.7 Å². The average molecular weight is 409 g/mol. The molecule has 3 heterocycles. The zero-order valence-corrected chi connectivity index (χ0v) is 18.1. The predicted molar refractivity (Wildman–Crippen MR) is 117 cm³/mol. The van der Waals surface area contributed by atoms with E-state index in [9.17, 15) is 0 Å². The van der Waals surface area contributed by atoms with Gasteiger partial charge in [0.15, 0.2) is 0 Å². The minimum Gasteiger partial charge on any atom is -0.493 e. The molecule has 0 saturated carbocycles. The van der Waals surface area contributed by atoms with E-state index in [0.717, 1.165) is 31.8 Å². The molecule has 0 amide bonds. The van der Waals surface area contributed by atoms with Crippen LogP contribution in [-0.2, 0) is 16.1 Å². The highest BCUT2D eigenvalue weighted by Crippen LogP contribution is 2.48. The van der Waals surface area contributed by atoms with Crippen LogP contribution >= 0.6 is 0 Å². The van der Waals surface area contributed by atoms with Gasteiger partial charge in [-0.2, -0.15) is 0 Å². The zero-order valence-electron chi connectivity index (χ0n) is 18.1. The van der Waals surface area contributed by atoms with Crippen LogP contribution in [-0.4, -0.2) is 38.3 Å². The molecule has 0 aliphatic carbocycles. The first-order valence-corrected chi connectivity index (χ1v) is 11.1. The molecule has 3 aliphatic heterocycles. The van der Waals surface area contributed by atoms with Gasteiger partial charge < -0.3 is 24.8 Å². The molecule has 5 rings (SSSR count). The quantitative estimate of drug-likeness (QED) is 0.823. The zero-order chi connectivity index (χ0) is 20.8. The Labute approximate surface area is 179 Å². The Morgan fingerprint density at radius 1 is 1.03 bits per heavy atom. The number of likely N-dealkylation sites (N-methyl/N-ethyl adjacent to an activating group) is 1. The van der Waals surface area contributed by atoms with Gasteiger partial charge in [-0.1, -0.05) is 30.3 Å². The maximum Gasteiger partial charge on any atom is 0.123 e. The summed E-state index contributed by atoms with van der Waals surface area (Å²) in [5.74, 6) is 1.36. The molecule has 30 heavy (non-hydrogen) atoms. The van der Waals surface area contributed by atoms with Crippen molar-refractivity contribution in [1.29, 1.82) is 0 Å². The number of ether oxygens (including phenoxy) is 3. The lowest BCUT2D eigenvalue weighted by Crippen LogP contribution is -2.34. The van der Waals surface area contributed by atoms with Crippen molar-refractivity contribution in [3.63, 3.8) is 0 Å². The topological polar surface area (TPSA) is 57.0 Å². The summed E-state index contributed by atoms with van der Waals surface area (Å²) in [6, 6.07) is 13.2. The monoisotopic (exact) mass is 408 g/mol. The number of nitrogens with zero attached hydrogens (tertiary/aromatic N) is 1. The number of hydrogen-bond donors (Lipinski definition) is 1. The van der Waals surface area contributed by atoms with E-state index in [0.29, 0.717) is 18.6 Å². The second-order valence-corrected chi connectivity index (χ2v) is 9.09. The fourth-order valence-corrected chi connectivity index (χ4v) is 5.35. The fraction of sp³-hybridized carbons (Fsp3) is 0.520. The Balaban J connectivity index is 1.50. The molecule has 0 radical (unpaired) electrons. The Kier molecular flexibility index (Phi) is 5.31. The molecule has 2 aromatic carbocycles. The molecule has 0 fully saturated rings. The van der Waals surface area contributed by atoms with E-state index in [4.69, 9.17) is 19.9 Å². The third-order valence-corrected chi connectivity index (χ3v) is 7.09. The van der Waals surface area contributed by atoms with Crippen molar-refractivity contribution in [1.82, 2.24) is 4.90 Å². The van der Waals surface area contributed by atoms with Crippen LogP contribution in [0.2, 0.25) is 0 Å². The van der Waals surface area contributed by atoms with Crippen LogP contribution in [0.5, 0.6) is 5.75 Å². The SMILES string of the molecule is C[C@@H]1OCc2ccc3c(c2[C@@H]1N)C(C[C@@H]1OCC(N(C)C)c2ccccc21)CCO3. The second kappa shape index (κ2) is 7.97. The van der Waals surface area contributed by atoms with Crippen LogP contribution < -0.4 is 10.5 Å². The van der Waals surface area contributed by atoms with Crippen LogP contribution in [0, 0.1) is 0 Å². The van der Waals surface area contributed by atoms with E-state index >= 15 is 0 Å². The number of nitrogens with two attached hydrogens (primary N) is 1. The summed E-state index contributed by atoms with van der Waals surface area (Å²) >= 11 is 0. The first-order chi connectivity index (χ1) is 14.5. The van der Waals surface area contributed by atoms with Gasteiger partial charge in [0, 0.05) is 5.56 Å². The summed E-state index contributed by atoms with van der Waals surface area (Å²) in [6.07, 6.45) is 2.05. The van der Waals surface area contributed by atoms with E-state index in [1.54, 1.807) is 0 Å². The Bertz CT molecular complexity index is 929. The second-order valence-electron chi connectivity index (χ2n) is 9.09. The van der Waals surface area contributed by atoms with Gasteiger partial charge in [0.05, 0.1) is 44.1 Å². The highest BCUT2D eigenvalue weighted by molar-refractivity contribution is 5.51. The van der Waals surface area contributed by atoms with E-state index in [1.165, 1.54) is 27.8 Å². The van der Waals surface area contributed by atoms with Crippen LogP contribution in [0.25, 0.3) is 0 Å². The summed E-state index contributed by atoms with van der Waals surface area (Å²) in [5, 5.41) is 0. The van der Waals surface area contributed by atoms with Gasteiger partial charge in [-0.15, -0.1) is 0 Å². The normalized spacial score (nSPS) is 30.2. The molecule has 5 heteroatoms. The van der Waals surface area contributed by atoms with Crippen LogP contribution in [0.3, 0.4) is 0 Å². The highest BCUT2D eigenvalue weighted by atomic mass is 16.5. The molecule has 0 bridgehead atoms. The average Bonchev–Trinajstić information content (AvgIpc) is 2.76. The summed E-state index contributed by atoms with van der Waals surface area (Å²) in [6.45, 7) is 4.15. The van der Waals surface area contributed by atoms with Crippen molar-refractivity contribution in [2.45, 2.75) is 56.6 Å². The molecular weight excluding hydrogens is 376 g/mol. The van der Waals surface area contributed by atoms with Gasteiger partial charge in [0.1, 0.15) is 5.75 Å². The molecule has 0 spiro atoms. The molecular formula is C25H32N2O3. The molecule has 2 unspecified atom stereocenters. The Morgan fingerprint density at radius 2 is 1.83 bits per heavy atom. The van der Waals surface area contributed by atoms with Crippen LogP contribution in [0.4, 0.5) is 0 Å². The number of hydrogen-bond acceptors (Lipinski definition) is 5. The molecule has 5 nitrogen and oxygen atoms in total. The summed E-state index contributed by atoms with van der Waals surface area (Å²) < 4.78 is 18.4. The van der Waals surface area contributed by atoms with E-state index in [1.807, 2.05) is 0 Å². The molecule has 0 saturated heterocycles. The van der Waals surface area contributed by atoms with Crippen molar-refractivity contribution >= 4 is 0 Å². The van der Waals surface area contributed by atoms with Crippen molar-refractivity contribution in [3.8, 4) is 5.75 Å². The van der Waals surface area contributed by atoms with Gasteiger partial charge >= 0.3 is 0 Å². The Morgan fingerprint density at radius 3 is 2.63 bits per heavy atom. The molecule has 5 atom stereocenters. The largest absolute Gasteiger partial charge is 0.493 e. The molecule has 2 N–H and O–H groups in total. The first kappa shape index (κ1) is 20.0. The maximum absolute atomic E-state index is 6.62. The summed E-state index contributed by atoms with van der Waals surface area (Å²) in [4.78, 5) is 2.25. The molecule has 2 aromatic rings. The lowest BCUT2D eigenvalue weighted by molar-refractivity contribution is -0.0105. The smallest absolute Gasteiger partial charge is 0.123 e. The first-order valence-electron chi connectivity index (χ1n) is 11.1. The predicted octanol–water partition coefficient (Wildman–Crippen LogP) is 4.24. The summed E-state index contributed by atoms with van der Waals surface area (Å²) in [7, 11) is 4.24. The number of fused-ring (bicyclic) bond motifs is 4. The molecule has 3 aliphatic rings. The van der Waals surface area contributed by atoms with Gasteiger partial charge in [0.25, 0.3) is 0 Å². The molecule has 0 aromatic heterocycles. The van der Waals surface area contributed by atoms with E-state index in [-0.39, 0.29) is 18.2 Å². The van der Waals surface area contributed by atoms with Crippen molar-refractivity contribution in [2.75, 3.05) is 27.3 Å². The van der Waals surface area contributed by atoms with Crippen molar-refractivity contribution in [2.24, 2.45) is 5.73 Å². The fourth-order valence-electron chi connectivity index (χ4n) is 5.35. The minimum absolute atomic E-state index is 0.0130.